The largest absolute Gasteiger partial charge is 0.497 e. The Morgan fingerprint density at radius 3 is 2.22 bits per heavy atom. The van der Waals surface area contributed by atoms with Gasteiger partial charge in [-0.3, -0.25) is 4.79 Å². The van der Waals surface area contributed by atoms with Crippen molar-refractivity contribution in [3.63, 3.8) is 0 Å². The van der Waals surface area contributed by atoms with Gasteiger partial charge in [-0.05, 0) is 48.2 Å². The minimum atomic E-state index is -0.272. The Morgan fingerprint density at radius 1 is 0.963 bits per heavy atom. The molecule has 0 radical (unpaired) electrons. The van der Waals surface area contributed by atoms with Crippen LogP contribution in [0.5, 0.6) is 5.75 Å². The SMILES string of the molecule is COc1ccc(CNC(=O)Nc2ccc(CC(=O)N3CCCC3)cc2)cc1. The van der Waals surface area contributed by atoms with Crippen molar-refractivity contribution in [2.75, 3.05) is 25.5 Å². The van der Waals surface area contributed by atoms with Gasteiger partial charge in [0.1, 0.15) is 5.75 Å². The van der Waals surface area contributed by atoms with Crippen molar-refractivity contribution in [1.29, 1.82) is 0 Å². The van der Waals surface area contributed by atoms with Crippen molar-refractivity contribution >= 4 is 17.6 Å². The van der Waals surface area contributed by atoms with Gasteiger partial charge in [-0.25, -0.2) is 4.79 Å². The summed E-state index contributed by atoms with van der Waals surface area (Å²) >= 11 is 0. The lowest BCUT2D eigenvalue weighted by Gasteiger charge is -2.15. The molecule has 0 saturated carbocycles. The molecule has 27 heavy (non-hydrogen) atoms. The summed E-state index contributed by atoms with van der Waals surface area (Å²) in [5, 5.41) is 5.62. The molecular weight excluding hydrogens is 342 g/mol. The van der Waals surface area contributed by atoms with Crippen LogP contribution in [0.1, 0.15) is 24.0 Å². The van der Waals surface area contributed by atoms with E-state index < -0.39 is 0 Å². The summed E-state index contributed by atoms with van der Waals surface area (Å²) < 4.78 is 5.11. The maximum Gasteiger partial charge on any atom is 0.319 e. The summed E-state index contributed by atoms with van der Waals surface area (Å²) in [7, 11) is 1.62. The topological polar surface area (TPSA) is 70.7 Å². The first-order valence-electron chi connectivity index (χ1n) is 9.18. The Hall–Kier alpha value is -3.02. The van der Waals surface area contributed by atoms with Gasteiger partial charge in [0.2, 0.25) is 5.91 Å². The molecule has 0 aliphatic carbocycles. The predicted octanol–water partition coefficient (Wildman–Crippen LogP) is 3.18. The molecule has 1 heterocycles. The number of benzene rings is 2. The average Bonchev–Trinajstić information content (AvgIpc) is 3.23. The maximum absolute atomic E-state index is 12.2. The molecule has 1 fully saturated rings. The first-order valence-corrected chi connectivity index (χ1v) is 9.18. The highest BCUT2D eigenvalue weighted by atomic mass is 16.5. The van der Waals surface area contributed by atoms with Crippen molar-refractivity contribution in [2.45, 2.75) is 25.8 Å². The first-order chi connectivity index (χ1) is 13.1. The highest BCUT2D eigenvalue weighted by Crippen LogP contribution is 2.14. The van der Waals surface area contributed by atoms with Crippen LogP contribution in [0.4, 0.5) is 10.5 Å². The standard InChI is InChI=1S/C21H25N3O3/c1-27-19-10-6-17(7-11-19)15-22-21(26)23-18-8-4-16(5-9-18)14-20(25)24-12-2-3-13-24/h4-11H,2-3,12-15H2,1H3,(H2,22,23,26). The lowest BCUT2D eigenvalue weighted by Crippen LogP contribution is -2.29. The fourth-order valence-corrected chi connectivity index (χ4v) is 3.06. The van der Waals surface area contributed by atoms with Gasteiger partial charge >= 0.3 is 6.03 Å². The van der Waals surface area contributed by atoms with Crippen molar-refractivity contribution < 1.29 is 14.3 Å². The molecule has 1 aliphatic rings. The van der Waals surface area contributed by atoms with E-state index in [1.165, 1.54) is 0 Å². The van der Waals surface area contributed by atoms with Crippen molar-refractivity contribution in [1.82, 2.24) is 10.2 Å². The zero-order valence-corrected chi connectivity index (χ0v) is 15.5. The van der Waals surface area contributed by atoms with Gasteiger partial charge in [0.05, 0.1) is 13.5 Å². The summed E-state index contributed by atoms with van der Waals surface area (Å²) in [6, 6.07) is 14.7. The van der Waals surface area contributed by atoms with E-state index in [1.807, 2.05) is 53.4 Å². The summed E-state index contributed by atoms with van der Waals surface area (Å²) in [6.45, 7) is 2.16. The minimum Gasteiger partial charge on any atom is -0.497 e. The van der Waals surface area contributed by atoms with Crippen molar-refractivity contribution in [3.8, 4) is 5.75 Å². The predicted molar refractivity (Wildman–Crippen MR) is 105 cm³/mol. The number of amides is 3. The van der Waals surface area contributed by atoms with E-state index >= 15 is 0 Å². The number of rotatable bonds is 6. The van der Waals surface area contributed by atoms with E-state index in [4.69, 9.17) is 4.74 Å². The lowest BCUT2D eigenvalue weighted by molar-refractivity contribution is -0.129. The highest BCUT2D eigenvalue weighted by molar-refractivity contribution is 5.89. The number of carbonyl (C=O) groups excluding carboxylic acids is 2. The molecule has 0 unspecified atom stereocenters. The normalized spacial score (nSPS) is 13.3. The molecule has 2 aromatic rings. The Balaban J connectivity index is 1.45. The second-order valence-electron chi connectivity index (χ2n) is 6.62. The number of carbonyl (C=O) groups is 2. The van der Waals surface area contributed by atoms with Gasteiger partial charge in [0.25, 0.3) is 0 Å². The molecule has 6 heteroatoms. The van der Waals surface area contributed by atoms with Crippen molar-refractivity contribution in [3.05, 3.63) is 59.7 Å². The van der Waals surface area contributed by atoms with E-state index in [2.05, 4.69) is 10.6 Å². The molecule has 0 atom stereocenters. The fourth-order valence-electron chi connectivity index (χ4n) is 3.06. The summed E-state index contributed by atoms with van der Waals surface area (Å²) in [4.78, 5) is 26.1. The second kappa shape index (κ2) is 9.07. The van der Waals surface area contributed by atoms with Crippen molar-refractivity contribution in [2.24, 2.45) is 0 Å². The molecule has 3 rings (SSSR count). The van der Waals surface area contributed by atoms with E-state index in [-0.39, 0.29) is 11.9 Å². The van der Waals surface area contributed by atoms with E-state index in [1.54, 1.807) is 7.11 Å². The molecule has 2 aromatic carbocycles. The molecule has 1 aliphatic heterocycles. The first kappa shape index (κ1) is 18.8. The number of hydrogen-bond acceptors (Lipinski definition) is 3. The molecule has 0 aromatic heterocycles. The maximum atomic E-state index is 12.2. The molecule has 2 N–H and O–H groups in total. The Kier molecular flexibility index (Phi) is 6.30. The fraction of sp³-hybridized carbons (Fsp3) is 0.333. The molecule has 0 spiro atoms. The third-order valence-electron chi connectivity index (χ3n) is 4.64. The number of ether oxygens (including phenoxy) is 1. The monoisotopic (exact) mass is 367 g/mol. The summed E-state index contributed by atoms with van der Waals surface area (Å²) in [5.74, 6) is 0.956. The van der Waals surface area contributed by atoms with Crippen LogP contribution in [0.15, 0.2) is 48.5 Å². The van der Waals surface area contributed by atoms with E-state index in [9.17, 15) is 9.59 Å². The van der Waals surface area contributed by atoms with Crippen LogP contribution in [-0.2, 0) is 17.8 Å². The Morgan fingerprint density at radius 2 is 1.59 bits per heavy atom. The zero-order valence-electron chi connectivity index (χ0n) is 15.5. The van der Waals surface area contributed by atoms with E-state index in [0.717, 1.165) is 42.8 Å². The third kappa shape index (κ3) is 5.48. The highest BCUT2D eigenvalue weighted by Gasteiger charge is 2.17. The molecule has 1 saturated heterocycles. The number of hydrogen-bond donors (Lipinski definition) is 2. The number of methoxy groups -OCH3 is 1. The minimum absolute atomic E-state index is 0.172. The quantitative estimate of drug-likeness (QED) is 0.824. The van der Waals surface area contributed by atoms with E-state index in [0.29, 0.717) is 18.7 Å². The van der Waals surface area contributed by atoms with Gasteiger partial charge in [-0.1, -0.05) is 24.3 Å². The molecule has 3 amide bonds. The van der Waals surface area contributed by atoms with Gasteiger partial charge in [-0.2, -0.15) is 0 Å². The van der Waals surface area contributed by atoms with Crippen LogP contribution < -0.4 is 15.4 Å². The zero-order chi connectivity index (χ0) is 19.1. The molecule has 0 bridgehead atoms. The molecule has 6 nitrogen and oxygen atoms in total. The van der Waals surface area contributed by atoms with Crippen LogP contribution in [0, 0.1) is 0 Å². The number of nitrogens with zero attached hydrogens (tertiary/aromatic N) is 1. The molecular formula is C21H25N3O3. The van der Waals surface area contributed by atoms with Crippen LogP contribution in [0.2, 0.25) is 0 Å². The summed E-state index contributed by atoms with van der Waals surface area (Å²) in [6.07, 6.45) is 2.60. The lowest BCUT2D eigenvalue weighted by atomic mass is 10.1. The number of anilines is 1. The number of likely N-dealkylation sites (tertiary alicyclic amines) is 1. The smallest absolute Gasteiger partial charge is 0.319 e. The number of urea groups is 1. The van der Waals surface area contributed by atoms with Gasteiger partial charge in [0.15, 0.2) is 0 Å². The van der Waals surface area contributed by atoms with Crippen LogP contribution in [0.25, 0.3) is 0 Å². The molecule has 142 valence electrons. The van der Waals surface area contributed by atoms with Gasteiger partial charge < -0.3 is 20.3 Å². The van der Waals surface area contributed by atoms with Crippen LogP contribution in [-0.4, -0.2) is 37.0 Å². The Bertz CT molecular complexity index is 766. The average molecular weight is 367 g/mol. The van der Waals surface area contributed by atoms with Crippen LogP contribution in [0.3, 0.4) is 0 Å². The van der Waals surface area contributed by atoms with Crippen LogP contribution >= 0.6 is 0 Å². The number of nitrogens with one attached hydrogen (secondary N) is 2. The third-order valence-corrected chi connectivity index (χ3v) is 4.64. The van der Waals surface area contributed by atoms with Gasteiger partial charge in [-0.15, -0.1) is 0 Å². The second-order valence-corrected chi connectivity index (χ2v) is 6.62. The Labute approximate surface area is 159 Å². The summed E-state index contributed by atoms with van der Waals surface area (Å²) in [5.41, 5.74) is 2.64. The van der Waals surface area contributed by atoms with Gasteiger partial charge in [0, 0.05) is 25.3 Å².